The molecule has 1 fully saturated rings. The Morgan fingerprint density at radius 1 is 1.06 bits per heavy atom. The first-order chi connectivity index (χ1) is 16.7. The molecule has 1 aromatic heterocycles. The van der Waals surface area contributed by atoms with Crippen molar-refractivity contribution < 1.29 is 9.53 Å². The van der Waals surface area contributed by atoms with Crippen molar-refractivity contribution in [2.45, 2.75) is 49.7 Å². The van der Waals surface area contributed by atoms with Gasteiger partial charge in [-0.2, -0.15) is 0 Å². The number of carbonyl (C=O) groups excluding carboxylic acids is 1. The number of methoxy groups -OCH3 is 1. The van der Waals surface area contributed by atoms with Crippen molar-refractivity contribution in [3.8, 4) is 11.4 Å². The molecule has 2 aliphatic rings. The molecule has 1 unspecified atom stereocenters. The van der Waals surface area contributed by atoms with E-state index in [1.807, 2.05) is 28.8 Å². The number of nitrogens with one attached hydrogen (secondary N) is 1. The number of aryl methyl sites for hydroxylation is 1. The molecule has 1 amide bonds. The molecule has 1 aliphatic carbocycles. The smallest absolute Gasteiger partial charge is 0.232 e. The first-order valence-electron chi connectivity index (χ1n) is 12.1. The van der Waals surface area contributed by atoms with Gasteiger partial charge in [0.15, 0.2) is 5.16 Å². The van der Waals surface area contributed by atoms with Crippen molar-refractivity contribution in [3.05, 3.63) is 59.7 Å². The zero-order chi connectivity index (χ0) is 23.3. The fourth-order valence-corrected chi connectivity index (χ4v) is 5.70. The zero-order valence-electron chi connectivity index (χ0n) is 19.6. The van der Waals surface area contributed by atoms with Crippen LogP contribution >= 0.6 is 11.8 Å². The number of carbonyl (C=O) groups is 1. The van der Waals surface area contributed by atoms with Crippen molar-refractivity contribution in [2.75, 3.05) is 30.9 Å². The number of para-hydroxylation sites is 2. The van der Waals surface area contributed by atoms with Crippen LogP contribution in [0, 0.1) is 0 Å². The van der Waals surface area contributed by atoms with Crippen LogP contribution in [0.3, 0.4) is 0 Å². The summed E-state index contributed by atoms with van der Waals surface area (Å²) in [5, 5.41) is 13.0. The molecule has 1 N–H and O–H groups in total. The Labute approximate surface area is 204 Å². The summed E-state index contributed by atoms with van der Waals surface area (Å²) in [5.41, 5.74) is 3.48. The van der Waals surface area contributed by atoms with Gasteiger partial charge in [-0.1, -0.05) is 48.2 Å². The lowest BCUT2D eigenvalue weighted by molar-refractivity contribution is -0.119. The fourth-order valence-electron chi connectivity index (χ4n) is 4.95. The zero-order valence-corrected chi connectivity index (χ0v) is 20.4. The molecule has 178 valence electrons. The second-order valence-corrected chi connectivity index (χ2v) is 9.78. The summed E-state index contributed by atoms with van der Waals surface area (Å²) in [6.07, 6.45) is 6.68. The normalized spacial score (nSPS) is 17.8. The number of amides is 1. The number of anilines is 1. The van der Waals surface area contributed by atoms with Gasteiger partial charge in [0.05, 0.1) is 24.6 Å². The van der Waals surface area contributed by atoms with E-state index in [9.17, 15) is 4.79 Å². The highest BCUT2D eigenvalue weighted by Crippen LogP contribution is 2.33. The van der Waals surface area contributed by atoms with Gasteiger partial charge in [-0.25, -0.2) is 0 Å². The topological polar surface area (TPSA) is 72.3 Å². The van der Waals surface area contributed by atoms with Crippen LogP contribution in [0.1, 0.15) is 49.3 Å². The van der Waals surface area contributed by atoms with E-state index in [4.69, 9.17) is 4.74 Å². The van der Waals surface area contributed by atoms with Gasteiger partial charge in [0.2, 0.25) is 11.9 Å². The Balaban J connectivity index is 1.36. The minimum Gasteiger partial charge on any atom is -0.495 e. The van der Waals surface area contributed by atoms with Gasteiger partial charge < -0.3 is 15.0 Å². The van der Waals surface area contributed by atoms with E-state index in [-0.39, 0.29) is 17.7 Å². The Bertz CT molecular complexity index is 1140. The fraction of sp³-hybridized carbons (Fsp3) is 0.423. The minimum atomic E-state index is 0.0146. The molecule has 0 radical (unpaired) electrons. The molecule has 1 atom stereocenters. The summed E-state index contributed by atoms with van der Waals surface area (Å²) < 4.78 is 7.68. The summed E-state index contributed by atoms with van der Waals surface area (Å²) in [7, 11) is 1.67. The van der Waals surface area contributed by atoms with Crippen LogP contribution in [-0.2, 0) is 11.2 Å². The number of thioether (sulfide) groups is 1. The van der Waals surface area contributed by atoms with Crippen molar-refractivity contribution in [1.82, 2.24) is 20.1 Å². The van der Waals surface area contributed by atoms with E-state index in [1.165, 1.54) is 29.3 Å². The molecule has 0 spiro atoms. The van der Waals surface area contributed by atoms with Crippen LogP contribution in [0.5, 0.6) is 5.75 Å². The molecule has 0 bridgehead atoms. The summed E-state index contributed by atoms with van der Waals surface area (Å²) >= 11 is 1.42. The largest absolute Gasteiger partial charge is 0.495 e. The number of nitrogens with zero attached hydrogens (tertiary/aromatic N) is 4. The molecular weight excluding hydrogens is 446 g/mol. The quantitative estimate of drug-likeness (QED) is 0.503. The Hall–Kier alpha value is -3.00. The maximum atomic E-state index is 12.9. The number of piperidine rings is 1. The minimum absolute atomic E-state index is 0.0146. The van der Waals surface area contributed by atoms with Crippen LogP contribution in [0.4, 0.5) is 5.95 Å². The number of rotatable bonds is 7. The molecule has 1 aliphatic heterocycles. The van der Waals surface area contributed by atoms with Gasteiger partial charge in [0, 0.05) is 13.1 Å². The predicted molar refractivity (Wildman–Crippen MR) is 135 cm³/mol. The maximum Gasteiger partial charge on any atom is 0.232 e. The van der Waals surface area contributed by atoms with Crippen LogP contribution in [0.15, 0.2) is 53.7 Å². The number of ether oxygens (including phenoxy) is 1. The summed E-state index contributed by atoms with van der Waals surface area (Å²) in [5.74, 6) is 1.87. The summed E-state index contributed by atoms with van der Waals surface area (Å²) in [6.45, 7) is 1.92. The summed E-state index contributed by atoms with van der Waals surface area (Å²) in [4.78, 5) is 15.2. The van der Waals surface area contributed by atoms with Crippen molar-refractivity contribution >= 4 is 23.6 Å². The predicted octanol–water partition coefficient (Wildman–Crippen LogP) is 4.55. The molecule has 2 aromatic carbocycles. The van der Waals surface area contributed by atoms with Crippen LogP contribution in [0.2, 0.25) is 0 Å². The standard InChI is InChI=1S/C26H31N5O2S/c1-33-23-15-6-5-14-22(23)31-25(30-16-7-2-8-17-30)28-29-26(31)34-18-24(32)27-21-13-9-11-19-10-3-4-12-20(19)21/h3-6,10,12,14-15,21H,2,7-9,11,13,16-18H2,1H3,(H,27,32). The summed E-state index contributed by atoms with van der Waals surface area (Å²) in [6, 6.07) is 16.4. The average molecular weight is 478 g/mol. The highest BCUT2D eigenvalue weighted by molar-refractivity contribution is 7.99. The van der Waals surface area contributed by atoms with E-state index in [2.05, 4.69) is 44.7 Å². The molecule has 1 saturated heterocycles. The van der Waals surface area contributed by atoms with E-state index >= 15 is 0 Å². The van der Waals surface area contributed by atoms with Gasteiger partial charge in [-0.05, 0) is 61.8 Å². The SMILES string of the molecule is COc1ccccc1-n1c(SCC(=O)NC2CCCc3ccccc32)nnc1N1CCCCC1. The highest BCUT2D eigenvalue weighted by atomic mass is 32.2. The third-order valence-electron chi connectivity index (χ3n) is 6.62. The lowest BCUT2D eigenvalue weighted by Gasteiger charge is -2.28. The van der Waals surface area contributed by atoms with E-state index in [0.29, 0.717) is 5.16 Å². The lowest BCUT2D eigenvalue weighted by atomic mass is 9.88. The Kier molecular flexibility index (Phi) is 7.04. The van der Waals surface area contributed by atoms with E-state index < -0.39 is 0 Å². The van der Waals surface area contributed by atoms with E-state index in [0.717, 1.165) is 62.6 Å². The molecule has 34 heavy (non-hydrogen) atoms. The molecule has 7 nitrogen and oxygen atoms in total. The Morgan fingerprint density at radius 2 is 1.85 bits per heavy atom. The van der Waals surface area contributed by atoms with Crippen LogP contribution < -0.4 is 15.0 Å². The third-order valence-corrected chi connectivity index (χ3v) is 7.55. The molecular formula is C26H31N5O2S. The van der Waals surface area contributed by atoms with Gasteiger partial charge in [-0.3, -0.25) is 9.36 Å². The van der Waals surface area contributed by atoms with Crippen molar-refractivity contribution in [1.29, 1.82) is 0 Å². The van der Waals surface area contributed by atoms with Gasteiger partial charge in [0.25, 0.3) is 0 Å². The average Bonchev–Trinajstić information content (AvgIpc) is 3.32. The first-order valence-corrected chi connectivity index (χ1v) is 13.1. The van der Waals surface area contributed by atoms with Gasteiger partial charge >= 0.3 is 0 Å². The molecule has 8 heteroatoms. The molecule has 2 heterocycles. The van der Waals surface area contributed by atoms with Crippen LogP contribution in [-0.4, -0.2) is 46.6 Å². The van der Waals surface area contributed by atoms with E-state index in [1.54, 1.807) is 7.11 Å². The first kappa shape index (κ1) is 22.8. The Morgan fingerprint density at radius 3 is 2.71 bits per heavy atom. The monoisotopic (exact) mass is 477 g/mol. The van der Waals surface area contributed by atoms with Crippen molar-refractivity contribution in [3.63, 3.8) is 0 Å². The number of hydrogen-bond acceptors (Lipinski definition) is 6. The molecule has 0 saturated carbocycles. The highest BCUT2D eigenvalue weighted by Gasteiger charge is 2.25. The van der Waals surface area contributed by atoms with Gasteiger partial charge in [-0.15, -0.1) is 10.2 Å². The molecule has 3 aromatic rings. The number of hydrogen-bond donors (Lipinski definition) is 1. The second-order valence-electron chi connectivity index (χ2n) is 8.84. The number of aromatic nitrogens is 3. The van der Waals surface area contributed by atoms with Gasteiger partial charge in [0.1, 0.15) is 5.75 Å². The second kappa shape index (κ2) is 10.5. The number of fused-ring (bicyclic) bond motifs is 1. The molecule has 5 rings (SSSR count). The third kappa shape index (κ3) is 4.78. The maximum absolute atomic E-state index is 12.9. The van der Waals surface area contributed by atoms with Crippen molar-refractivity contribution in [2.24, 2.45) is 0 Å². The number of benzene rings is 2. The lowest BCUT2D eigenvalue weighted by Crippen LogP contribution is -2.32. The van der Waals surface area contributed by atoms with Crippen LogP contribution in [0.25, 0.3) is 5.69 Å².